The molecule has 1 unspecified atom stereocenters. The van der Waals surface area contributed by atoms with E-state index in [4.69, 9.17) is 5.73 Å². The van der Waals surface area contributed by atoms with Crippen molar-refractivity contribution in [2.24, 2.45) is 5.73 Å². The maximum Gasteiger partial charge on any atom is 0.416 e. The fourth-order valence-corrected chi connectivity index (χ4v) is 3.42. The molecule has 0 heterocycles. The lowest BCUT2D eigenvalue weighted by atomic mass is 9.94. The molecule has 0 aliphatic heterocycles. The summed E-state index contributed by atoms with van der Waals surface area (Å²) in [4.78, 5) is 0. The molecule has 0 fully saturated rings. The summed E-state index contributed by atoms with van der Waals surface area (Å²) in [6.07, 6.45) is -4.34. The fourth-order valence-electron chi connectivity index (χ4n) is 2.12. The minimum Gasteiger partial charge on any atom is -0.320 e. The zero-order valence-electron chi connectivity index (χ0n) is 11.0. The molecule has 0 radical (unpaired) electrons. The molecule has 0 saturated carbocycles. The van der Waals surface area contributed by atoms with E-state index in [2.05, 4.69) is 31.9 Å². The first-order valence-corrected chi connectivity index (χ1v) is 7.67. The molecule has 2 aromatic rings. The molecule has 0 aromatic heterocycles. The normalized spacial score (nSPS) is 13.3. The number of hydrogen-bond donors (Lipinski definition) is 1. The average Bonchev–Trinajstić information content (AvgIpc) is 2.36. The van der Waals surface area contributed by atoms with Gasteiger partial charge in [-0.15, -0.1) is 0 Å². The third-order valence-corrected chi connectivity index (χ3v) is 4.41. The Morgan fingerprint density at radius 2 is 1.62 bits per heavy atom. The molecule has 0 bridgehead atoms. The van der Waals surface area contributed by atoms with Crippen LogP contribution in [0.25, 0.3) is 0 Å². The molecule has 0 spiro atoms. The van der Waals surface area contributed by atoms with Gasteiger partial charge in [-0.3, -0.25) is 0 Å². The number of aryl methyl sites for hydroxylation is 1. The first-order valence-electron chi connectivity index (χ1n) is 6.08. The third kappa shape index (κ3) is 3.67. The number of rotatable bonds is 2. The molecule has 21 heavy (non-hydrogen) atoms. The summed E-state index contributed by atoms with van der Waals surface area (Å²) >= 11 is 6.78. The summed E-state index contributed by atoms with van der Waals surface area (Å²) in [6.45, 7) is 1.64. The first-order chi connectivity index (χ1) is 9.70. The molecule has 112 valence electrons. The van der Waals surface area contributed by atoms with Gasteiger partial charge in [-0.05, 0) is 47.9 Å². The Kier molecular flexibility index (Phi) is 4.80. The van der Waals surface area contributed by atoms with Crippen molar-refractivity contribution in [2.45, 2.75) is 19.1 Å². The minimum atomic E-state index is -4.34. The zero-order chi connectivity index (χ0) is 15.8. The van der Waals surface area contributed by atoms with Crippen LogP contribution in [0.1, 0.15) is 28.3 Å². The quantitative estimate of drug-likeness (QED) is 0.670. The number of benzene rings is 2. The van der Waals surface area contributed by atoms with Crippen LogP contribution in [0.15, 0.2) is 45.3 Å². The van der Waals surface area contributed by atoms with Crippen LogP contribution >= 0.6 is 31.9 Å². The molecule has 6 heteroatoms. The van der Waals surface area contributed by atoms with E-state index in [1.165, 1.54) is 6.07 Å². The van der Waals surface area contributed by atoms with E-state index >= 15 is 0 Å². The molecule has 1 nitrogen and oxygen atoms in total. The Bertz CT molecular complexity index is 668. The predicted molar refractivity (Wildman–Crippen MR) is 84.1 cm³/mol. The largest absolute Gasteiger partial charge is 0.416 e. The Morgan fingerprint density at radius 3 is 2.14 bits per heavy atom. The van der Waals surface area contributed by atoms with Gasteiger partial charge in [-0.1, -0.05) is 44.0 Å². The summed E-state index contributed by atoms with van der Waals surface area (Å²) in [7, 11) is 0. The van der Waals surface area contributed by atoms with Gasteiger partial charge >= 0.3 is 6.18 Å². The van der Waals surface area contributed by atoms with Gasteiger partial charge in [0.2, 0.25) is 0 Å². The van der Waals surface area contributed by atoms with Gasteiger partial charge in [0.1, 0.15) is 0 Å². The summed E-state index contributed by atoms with van der Waals surface area (Å²) in [5.74, 6) is 0. The molecule has 0 amide bonds. The van der Waals surface area contributed by atoms with Gasteiger partial charge < -0.3 is 5.73 Å². The molecule has 2 rings (SSSR count). The van der Waals surface area contributed by atoms with Crippen LogP contribution in [0.4, 0.5) is 13.2 Å². The SMILES string of the molecule is Cc1cc(C(F)(F)F)ccc1C(N)c1ccc(Br)cc1Br. The van der Waals surface area contributed by atoms with E-state index in [0.717, 1.165) is 26.6 Å². The van der Waals surface area contributed by atoms with Crippen LogP contribution in [0.3, 0.4) is 0 Å². The van der Waals surface area contributed by atoms with Crippen molar-refractivity contribution in [1.82, 2.24) is 0 Å². The summed E-state index contributed by atoms with van der Waals surface area (Å²) in [6, 6.07) is 8.69. The summed E-state index contributed by atoms with van der Waals surface area (Å²) in [5.41, 5.74) is 7.55. The Morgan fingerprint density at radius 1 is 1.00 bits per heavy atom. The Labute approximate surface area is 137 Å². The van der Waals surface area contributed by atoms with Gasteiger partial charge in [0.25, 0.3) is 0 Å². The standard InChI is InChI=1S/C15H12Br2F3N/c1-8-6-9(15(18,19)20)2-4-11(8)14(21)12-5-3-10(16)7-13(12)17/h2-7,14H,21H2,1H3. The van der Waals surface area contributed by atoms with Gasteiger partial charge in [-0.2, -0.15) is 13.2 Å². The summed E-state index contributed by atoms with van der Waals surface area (Å²) in [5, 5.41) is 0. The maximum absolute atomic E-state index is 12.7. The van der Waals surface area contributed by atoms with E-state index in [-0.39, 0.29) is 0 Å². The third-order valence-electron chi connectivity index (χ3n) is 3.23. The highest BCUT2D eigenvalue weighted by molar-refractivity contribution is 9.11. The van der Waals surface area contributed by atoms with Crippen molar-refractivity contribution >= 4 is 31.9 Å². The zero-order valence-corrected chi connectivity index (χ0v) is 14.2. The molecular weight excluding hydrogens is 411 g/mol. The van der Waals surface area contributed by atoms with Crippen molar-refractivity contribution < 1.29 is 13.2 Å². The molecule has 0 aliphatic rings. The van der Waals surface area contributed by atoms with Gasteiger partial charge in [0.05, 0.1) is 11.6 Å². The van der Waals surface area contributed by atoms with Crippen LogP contribution < -0.4 is 5.73 Å². The van der Waals surface area contributed by atoms with E-state index in [0.29, 0.717) is 11.1 Å². The highest BCUT2D eigenvalue weighted by atomic mass is 79.9. The summed E-state index contributed by atoms with van der Waals surface area (Å²) < 4.78 is 39.8. The molecule has 0 saturated heterocycles. The second-order valence-electron chi connectivity index (χ2n) is 4.71. The van der Waals surface area contributed by atoms with Crippen molar-refractivity contribution in [3.05, 3.63) is 67.6 Å². The lowest BCUT2D eigenvalue weighted by molar-refractivity contribution is -0.137. The van der Waals surface area contributed by atoms with Crippen molar-refractivity contribution in [1.29, 1.82) is 0 Å². The molecular formula is C15H12Br2F3N. The van der Waals surface area contributed by atoms with E-state index in [1.54, 1.807) is 6.92 Å². The van der Waals surface area contributed by atoms with E-state index in [9.17, 15) is 13.2 Å². The van der Waals surface area contributed by atoms with Crippen LogP contribution in [-0.2, 0) is 6.18 Å². The van der Waals surface area contributed by atoms with Crippen molar-refractivity contribution in [3.63, 3.8) is 0 Å². The maximum atomic E-state index is 12.7. The first kappa shape index (κ1) is 16.5. The van der Waals surface area contributed by atoms with Crippen molar-refractivity contribution in [3.8, 4) is 0 Å². The number of halogens is 5. The van der Waals surface area contributed by atoms with Crippen LogP contribution in [0, 0.1) is 6.92 Å². The highest BCUT2D eigenvalue weighted by Gasteiger charge is 2.31. The average molecular weight is 423 g/mol. The van der Waals surface area contributed by atoms with Crippen molar-refractivity contribution in [2.75, 3.05) is 0 Å². The predicted octanol–water partition coefficient (Wildman–Crippen LogP) is 5.59. The minimum absolute atomic E-state index is 0.491. The topological polar surface area (TPSA) is 26.0 Å². The van der Waals surface area contributed by atoms with Crippen LogP contribution in [-0.4, -0.2) is 0 Å². The van der Waals surface area contributed by atoms with E-state index < -0.39 is 17.8 Å². The smallest absolute Gasteiger partial charge is 0.320 e. The van der Waals surface area contributed by atoms with E-state index in [1.807, 2.05) is 18.2 Å². The number of alkyl halides is 3. The Balaban J connectivity index is 2.42. The lowest BCUT2D eigenvalue weighted by Crippen LogP contribution is -2.15. The fraction of sp³-hybridized carbons (Fsp3) is 0.200. The molecule has 2 N–H and O–H groups in total. The van der Waals surface area contributed by atoms with Gasteiger partial charge in [0, 0.05) is 8.95 Å². The number of hydrogen-bond acceptors (Lipinski definition) is 1. The lowest BCUT2D eigenvalue weighted by Gasteiger charge is -2.18. The monoisotopic (exact) mass is 421 g/mol. The van der Waals surface area contributed by atoms with Crippen LogP contribution in [0.2, 0.25) is 0 Å². The second kappa shape index (κ2) is 6.10. The van der Waals surface area contributed by atoms with Crippen LogP contribution in [0.5, 0.6) is 0 Å². The van der Waals surface area contributed by atoms with Gasteiger partial charge in [-0.25, -0.2) is 0 Å². The number of nitrogens with two attached hydrogens (primary N) is 1. The highest BCUT2D eigenvalue weighted by Crippen LogP contribution is 2.34. The molecule has 0 aliphatic carbocycles. The van der Waals surface area contributed by atoms with Gasteiger partial charge in [0.15, 0.2) is 0 Å². The molecule has 1 atom stereocenters. The Hall–Kier alpha value is -0.850. The second-order valence-corrected chi connectivity index (χ2v) is 6.48. The molecule has 2 aromatic carbocycles.